The van der Waals surface area contributed by atoms with Crippen molar-refractivity contribution in [1.82, 2.24) is 0 Å². The van der Waals surface area contributed by atoms with Gasteiger partial charge in [0.15, 0.2) is 0 Å². The summed E-state index contributed by atoms with van der Waals surface area (Å²) in [5.74, 6) is 0. The summed E-state index contributed by atoms with van der Waals surface area (Å²) in [5, 5.41) is 0. The Morgan fingerprint density at radius 1 is 1.22 bits per heavy atom. The van der Waals surface area contributed by atoms with Crippen LogP contribution in [0, 0.1) is 0 Å². The minimum Gasteiger partial charge on any atom is -0.226 e. The molecule has 0 aliphatic heterocycles. The summed E-state index contributed by atoms with van der Waals surface area (Å²) in [5.41, 5.74) is 0. The molecule has 0 aromatic heterocycles. The second kappa shape index (κ2) is 7.38. The van der Waals surface area contributed by atoms with Gasteiger partial charge in [-0.2, -0.15) is 0 Å². The number of hydrogen-bond donors (Lipinski definition) is 0. The van der Waals surface area contributed by atoms with E-state index in [1.54, 1.807) is 0 Å². The molecular formula is C7H14N2. The molecule has 0 amide bonds. The van der Waals surface area contributed by atoms with Crippen LogP contribution in [0.15, 0.2) is 9.98 Å². The number of rotatable bonds is 4. The minimum absolute atomic E-state index is 0.787. The second-order valence-electron chi connectivity index (χ2n) is 1.81. The van der Waals surface area contributed by atoms with E-state index in [-0.39, 0.29) is 0 Å². The lowest BCUT2D eigenvalue weighted by Crippen LogP contribution is -1.76. The maximum atomic E-state index is 3.93. The summed E-state index contributed by atoms with van der Waals surface area (Å²) in [4.78, 5) is 7.76. The largest absolute Gasteiger partial charge is 0.226 e. The van der Waals surface area contributed by atoms with E-state index >= 15 is 0 Å². The molecule has 0 spiro atoms. The monoisotopic (exact) mass is 126 g/mol. The van der Waals surface area contributed by atoms with E-state index in [1.807, 2.05) is 6.92 Å². The van der Waals surface area contributed by atoms with Gasteiger partial charge in [0.1, 0.15) is 0 Å². The molecule has 2 heteroatoms. The van der Waals surface area contributed by atoms with E-state index in [1.165, 1.54) is 6.42 Å². The van der Waals surface area contributed by atoms with Crippen LogP contribution in [0.25, 0.3) is 0 Å². The van der Waals surface area contributed by atoms with Gasteiger partial charge in [0, 0.05) is 13.1 Å². The fourth-order valence-corrected chi connectivity index (χ4v) is 0.408. The van der Waals surface area contributed by atoms with Crippen molar-refractivity contribution in [3.05, 3.63) is 0 Å². The second-order valence-corrected chi connectivity index (χ2v) is 1.81. The van der Waals surface area contributed by atoms with Gasteiger partial charge in [-0.3, -0.25) is 0 Å². The average Bonchev–Trinajstić information content (AvgIpc) is 1.89. The Bertz CT molecular complexity index is 101. The Morgan fingerprint density at radius 3 is 2.56 bits per heavy atom. The average molecular weight is 126 g/mol. The van der Waals surface area contributed by atoms with E-state index in [0.717, 1.165) is 19.5 Å². The zero-order chi connectivity index (χ0) is 6.95. The smallest absolute Gasteiger partial charge is 0.0892 e. The first-order valence-electron chi connectivity index (χ1n) is 3.49. The van der Waals surface area contributed by atoms with Crippen LogP contribution < -0.4 is 0 Å². The Balaban J connectivity index is 3.13. The van der Waals surface area contributed by atoms with Gasteiger partial charge in [-0.25, -0.2) is 9.98 Å². The van der Waals surface area contributed by atoms with E-state index in [9.17, 15) is 0 Å². The molecule has 0 atom stereocenters. The van der Waals surface area contributed by atoms with Crippen molar-refractivity contribution >= 4 is 6.01 Å². The lowest BCUT2D eigenvalue weighted by atomic mass is 10.3. The maximum absolute atomic E-state index is 3.93. The van der Waals surface area contributed by atoms with Crippen LogP contribution >= 0.6 is 0 Å². The van der Waals surface area contributed by atoms with Gasteiger partial charge in [0.05, 0.1) is 6.01 Å². The molecule has 0 aromatic carbocycles. The van der Waals surface area contributed by atoms with Crippen molar-refractivity contribution in [2.24, 2.45) is 9.98 Å². The topological polar surface area (TPSA) is 24.7 Å². The molecule has 0 N–H and O–H groups in total. The van der Waals surface area contributed by atoms with Crippen LogP contribution in [0.4, 0.5) is 0 Å². The molecule has 0 rings (SSSR count). The van der Waals surface area contributed by atoms with Crippen molar-refractivity contribution in [3.8, 4) is 0 Å². The fourth-order valence-electron chi connectivity index (χ4n) is 0.408. The van der Waals surface area contributed by atoms with Crippen molar-refractivity contribution in [2.45, 2.75) is 26.7 Å². The molecule has 0 heterocycles. The highest BCUT2D eigenvalue weighted by molar-refractivity contribution is 5.40. The van der Waals surface area contributed by atoms with Gasteiger partial charge in [-0.1, -0.05) is 13.3 Å². The zero-order valence-electron chi connectivity index (χ0n) is 6.22. The third kappa shape index (κ3) is 7.38. The highest BCUT2D eigenvalue weighted by Gasteiger charge is 1.74. The summed E-state index contributed by atoms with van der Waals surface area (Å²) in [6.07, 6.45) is 2.34. The summed E-state index contributed by atoms with van der Waals surface area (Å²) in [7, 11) is 0. The van der Waals surface area contributed by atoms with E-state index in [2.05, 4.69) is 22.9 Å². The third-order valence-electron chi connectivity index (χ3n) is 0.923. The molecule has 0 aliphatic rings. The highest BCUT2D eigenvalue weighted by Crippen LogP contribution is 1.84. The number of aliphatic imine (C=N–C) groups is 2. The molecule has 0 fully saturated rings. The molecule has 0 aromatic rings. The van der Waals surface area contributed by atoms with Gasteiger partial charge in [-0.05, 0) is 13.3 Å². The molecule has 0 bridgehead atoms. The molecule has 0 saturated heterocycles. The third-order valence-corrected chi connectivity index (χ3v) is 0.923. The standard InChI is InChI=1S/C7H14N2/c1-3-5-6-9-7-8-4-2/h3-6H2,1-2H3. The van der Waals surface area contributed by atoms with Gasteiger partial charge in [-0.15, -0.1) is 0 Å². The molecule has 0 aliphatic carbocycles. The van der Waals surface area contributed by atoms with Crippen molar-refractivity contribution in [1.29, 1.82) is 0 Å². The van der Waals surface area contributed by atoms with Crippen LogP contribution in [0.1, 0.15) is 26.7 Å². The number of nitrogens with zero attached hydrogens (tertiary/aromatic N) is 2. The van der Waals surface area contributed by atoms with Gasteiger partial charge in [0.25, 0.3) is 0 Å². The molecule has 52 valence electrons. The molecule has 0 unspecified atom stereocenters. The van der Waals surface area contributed by atoms with Gasteiger partial charge in [0.2, 0.25) is 0 Å². The first-order chi connectivity index (χ1) is 4.41. The zero-order valence-corrected chi connectivity index (χ0v) is 6.22. The van der Waals surface area contributed by atoms with Crippen molar-refractivity contribution in [2.75, 3.05) is 13.1 Å². The van der Waals surface area contributed by atoms with Crippen molar-refractivity contribution in [3.63, 3.8) is 0 Å². The first-order valence-corrected chi connectivity index (χ1v) is 3.49. The summed E-state index contributed by atoms with van der Waals surface area (Å²) >= 11 is 0. The van der Waals surface area contributed by atoms with Crippen LogP contribution in [-0.2, 0) is 0 Å². The molecule has 9 heavy (non-hydrogen) atoms. The lowest BCUT2D eigenvalue weighted by molar-refractivity contribution is 0.810. The Labute approximate surface area is 56.7 Å². The number of unbranched alkanes of at least 4 members (excludes halogenated alkanes) is 1. The van der Waals surface area contributed by atoms with Gasteiger partial charge < -0.3 is 0 Å². The minimum atomic E-state index is 0.787. The van der Waals surface area contributed by atoms with E-state index in [0.29, 0.717) is 0 Å². The Morgan fingerprint density at radius 2 is 2.00 bits per heavy atom. The number of hydrogen-bond acceptors (Lipinski definition) is 2. The van der Waals surface area contributed by atoms with Crippen LogP contribution in [-0.4, -0.2) is 19.1 Å². The fraction of sp³-hybridized carbons (Fsp3) is 0.857. The lowest BCUT2D eigenvalue weighted by Gasteiger charge is -1.82. The van der Waals surface area contributed by atoms with Crippen LogP contribution in [0.2, 0.25) is 0 Å². The molecule has 0 saturated carbocycles. The first kappa shape index (κ1) is 8.38. The van der Waals surface area contributed by atoms with E-state index < -0.39 is 0 Å². The Hall–Kier alpha value is -0.620. The summed E-state index contributed by atoms with van der Waals surface area (Å²) < 4.78 is 0. The van der Waals surface area contributed by atoms with Crippen LogP contribution in [0.3, 0.4) is 0 Å². The highest BCUT2D eigenvalue weighted by atomic mass is 14.8. The normalized spacial score (nSPS) is 8.22. The van der Waals surface area contributed by atoms with E-state index in [4.69, 9.17) is 0 Å². The molecule has 2 nitrogen and oxygen atoms in total. The maximum Gasteiger partial charge on any atom is 0.0892 e. The Kier molecular flexibility index (Phi) is 6.87. The predicted molar refractivity (Wildman–Crippen MR) is 40.2 cm³/mol. The van der Waals surface area contributed by atoms with Crippen LogP contribution in [0.5, 0.6) is 0 Å². The molecular weight excluding hydrogens is 112 g/mol. The summed E-state index contributed by atoms with van der Waals surface area (Å²) in [6.45, 7) is 5.78. The van der Waals surface area contributed by atoms with Gasteiger partial charge >= 0.3 is 0 Å². The van der Waals surface area contributed by atoms with Crippen molar-refractivity contribution < 1.29 is 0 Å². The quantitative estimate of drug-likeness (QED) is 0.406. The SMILES string of the molecule is CCCCN=C=NCC. The summed E-state index contributed by atoms with van der Waals surface area (Å²) in [6, 6.07) is 2.62. The molecule has 0 radical (unpaired) electrons. The predicted octanol–water partition coefficient (Wildman–Crippen LogP) is 1.98.